The van der Waals surface area contributed by atoms with Crippen LogP contribution in [0.4, 0.5) is 0 Å². The first kappa shape index (κ1) is 18.3. The van der Waals surface area contributed by atoms with Crippen molar-refractivity contribution in [2.24, 2.45) is 5.92 Å². The Morgan fingerprint density at radius 2 is 1.93 bits per heavy atom. The van der Waals surface area contributed by atoms with Gasteiger partial charge in [0.15, 0.2) is 0 Å². The second kappa shape index (κ2) is 7.59. The normalized spacial score (nSPS) is 24.1. The van der Waals surface area contributed by atoms with Gasteiger partial charge in [-0.25, -0.2) is 9.97 Å². The summed E-state index contributed by atoms with van der Waals surface area (Å²) in [6.07, 6.45) is 5.80. The van der Waals surface area contributed by atoms with Crippen LogP contribution in [-0.2, 0) is 6.54 Å². The standard InChI is InChI=1S/C21H25N5O3/c27-19(25-8-4-16(5-9-25)29-21-23-6-1-7-24-21)17-2-3-18-15-10-14(11-22-12-15)13-26(18)20(17)28/h1-3,6-7,14-16,22H,4-5,8-13H2/t14-,15+/m0/s1. The molecule has 3 aliphatic rings. The van der Waals surface area contributed by atoms with Gasteiger partial charge < -0.3 is 19.5 Å². The Kier molecular flexibility index (Phi) is 4.79. The fraction of sp³-hybridized carbons (Fsp3) is 0.524. The van der Waals surface area contributed by atoms with E-state index in [1.54, 1.807) is 29.4 Å². The molecule has 1 N–H and O–H groups in total. The van der Waals surface area contributed by atoms with Gasteiger partial charge in [0.2, 0.25) is 0 Å². The minimum atomic E-state index is -0.173. The maximum atomic E-state index is 13.1. The molecular formula is C21H25N5O3. The van der Waals surface area contributed by atoms with Gasteiger partial charge in [0.05, 0.1) is 0 Å². The lowest BCUT2D eigenvalue weighted by Crippen LogP contribution is -2.47. The summed E-state index contributed by atoms with van der Waals surface area (Å²) in [7, 11) is 0. The van der Waals surface area contributed by atoms with Gasteiger partial charge in [-0.05, 0) is 37.1 Å². The number of ether oxygens (including phenoxy) is 1. The van der Waals surface area contributed by atoms with Crippen molar-refractivity contribution in [3.05, 3.63) is 52.2 Å². The van der Waals surface area contributed by atoms with Gasteiger partial charge >= 0.3 is 6.01 Å². The number of likely N-dealkylation sites (tertiary alicyclic amines) is 1. The maximum Gasteiger partial charge on any atom is 0.316 e. The molecule has 0 radical (unpaired) electrons. The van der Waals surface area contributed by atoms with Crippen molar-refractivity contribution in [1.29, 1.82) is 0 Å². The molecule has 2 aromatic rings. The van der Waals surface area contributed by atoms with Crippen molar-refractivity contribution in [2.45, 2.75) is 37.8 Å². The number of carbonyl (C=O) groups excluding carboxylic acids is 1. The molecule has 5 rings (SSSR count). The first-order valence-electron chi connectivity index (χ1n) is 10.4. The van der Waals surface area contributed by atoms with E-state index in [1.807, 2.05) is 10.6 Å². The van der Waals surface area contributed by atoms with Crippen LogP contribution in [0.2, 0.25) is 0 Å². The lowest BCUT2D eigenvalue weighted by molar-refractivity contribution is 0.0576. The van der Waals surface area contributed by atoms with E-state index >= 15 is 0 Å². The lowest BCUT2D eigenvalue weighted by Gasteiger charge is -2.37. The van der Waals surface area contributed by atoms with Crippen LogP contribution < -0.4 is 15.6 Å². The quantitative estimate of drug-likeness (QED) is 0.835. The van der Waals surface area contributed by atoms with Crippen LogP contribution in [0.5, 0.6) is 6.01 Å². The molecule has 1 amide bonds. The van der Waals surface area contributed by atoms with E-state index < -0.39 is 0 Å². The minimum Gasteiger partial charge on any atom is -0.460 e. The van der Waals surface area contributed by atoms with Gasteiger partial charge in [0.25, 0.3) is 11.5 Å². The van der Waals surface area contributed by atoms with Gasteiger partial charge in [-0.1, -0.05) is 0 Å². The summed E-state index contributed by atoms with van der Waals surface area (Å²) in [5.74, 6) is 0.665. The number of fused-ring (bicyclic) bond motifs is 4. The zero-order chi connectivity index (χ0) is 19.8. The van der Waals surface area contributed by atoms with E-state index in [2.05, 4.69) is 15.3 Å². The smallest absolute Gasteiger partial charge is 0.316 e. The Morgan fingerprint density at radius 1 is 1.14 bits per heavy atom. The number of aromatic nitrogens is 3. The summed E-state index contributed by atoms with van der Waals surface area (Å²) in [4.78, 5) is 36.1. The number of piperidine rings is 2. The van der Waals surface area contributed by atoms with Gasteiger partial charge in [-0.2, -0.15) is 0 Å². The molecule has 152 valence electrons. The Hall–Kier alpha value is -2.74. The van der Waals surface area contributed by atoms with E-state index in [4.69, 9.17) is 4.74 Å². The SMILES string of the molecule is O=C(c1ccc2n(c1=O)C[C@@H]1CNC[C@H]2C1)N1CCC(Oc2ncccn2)CC1. The summed E-state index contributed by atoms with van der Waals surface area (Å²) in [6, 6.07) is 5.82. The zero-order valence-corrected chi connectivity index (χ0v) is 16.3. The van der Waals surface area contributed by atoms with Crippen LogP contribution in [0.15, 0.2) is 35.4 Å². The molecule has 8 nitrogen and oxygen atoms in total. The molecule has 0 aromatic carbocycles. The molecule has 0 aliphatic carbocycles. The van der Waals surface area contributed by atoms with Crippen LogP contribution in [0.1, 0.15) is 41.2 Å². The van der Waals surface area contributed by atoms with Crippen molar-refractivity contribution in [2.75, 3.05) is 26.2 Å². The molecule has 2 bridgehead atoms. The van der Waals surface area contributed by atoms with Crippen LogP contribution in [0, 0.1) is 5.92 Å². The minimum absolute atomic E-state index is 0.0158. The fourth-order valence-corrected chi connectivity index (χ4v) is 4.80. The van der Waals surface area contributed by atoms with E-state index in [0.29, 0.717) is 50.3 Å². The first-order valence-corrected chi connectivity index (χ1v) is 10.4. The average Bonchev–Trinajstić information content (AvgIpc) is 2.76. The largest absolute Gasteiger partial charge is 0.460 e. The third-order valence-corrected chi connectivity index (χ3v) is 6.28. The third-order valence-electron chi connectivity index (χ3n) is 6.28. The second-order valence-electron chi connectivity index (χ2n) is 8.19. The summed E-state index contributed by atoms with van der Waals surface area (Å²) in [5, 5.41) is 3.45. The van der Waals surface area contributed by atoms with Crippen LogP contribution >= 0.6 is 0 Å². The Morgan fingerprint density at radius 3 is 2.72 bits per heavy atom. The maximum absolute atomic E-state index is 13.1. The highest BCUT2D eigenvalue weighted by Gasteiger charge is 2.33. The highest BCUT2D eigenvalue weighted by atomic mass is 16.5. The monoisotopic (exact) mass is 395 g/mol. The van der Waals surface area contributed by atoms with Crippen molar-refractivity contribution in [3.8, 4) is 6.01 Å². The topological polar surface area (TPSA) is 89.4 Å². The number of amides is 1. The van der Waals surface area contributed by atoms with Crippen molar-refractivity contribution < 1.29 is 9.53 Å². The first-order chi connectivity index (χ1) is 14.2. The molecular weight excluding hydrogens is 370 g/mol. The lowest BCUT2D eigenvalue weighted by atomic mass is 9.84. The summed E-state index contributed by atoms with van der Waals surface area (Å²) in [6.45, 7) is 3.67. The van der Waals surface area contributed by atoms with Gasteiger partial charge in [0, 0.05) is 63.0 Å². The second-order valence-corrected chi connectivity index (χ2v) is 8.19. The number of hydrogen-bond donors (Lipinski definition) is 1. The molecule has 5 heterocycles. The number of pyridine rings is 1. The average molecular weight is 395 g/mol. The molecule has 0 spiro atoms. The van der Waals surface area contributed by atoms with E-state index in [0.717, 1.165) is 25.2 Å². The zero-order valence-electron chi connectivity index (χ0n) is 16.3. The van der Waals surface area contributed by atoms with E-state index in [1.165, 1.54) is 0 Å². The summed E-state index contributed by atoms with van der Waals surface area (Å²) >= 11 is 0. The molecule has 2 fully saturated rings. The number of nitrogens with zero attached hydrogens (tertiary/aromatic N) is 4. The van der Waals surface area contributed by atoms with Crippen molar-refractivity contribution in [1.82, 2.24) is 24.8 Å². The van der Waals surface area contributed by atoms with Crippen molar-refractivity contribution in [3.63, 3.8) is 0 Å². The number of rotatable bonds is 3. The molecule has 2 atom stereocenters. The van der Waals surface area contributed by atoms with Crippen molar-refractivity contribution >= 4 is 5.91 Å². The molecule has 2 saturated heterocycles. The van der Waals surface area contributed by atoms with Gasteiger partial charge in [-0.15, -0.1) is 0 Å². The van der Waals surface area contributed by atoms with E-state index in [9.17, 15) is 9.59 Å². The number of carbonyl (C=O) groups is 1. The Balaban J connectivity index is 1.28. The summed E-state index contributed by atoms with van der Waals surface area (Å²) in [5.41, 5.74) is 1.21. The predicted octanol–water partition coefficient (Wildman–Crippen LogP) is 1.03. The highest BCUT2D eigenvalue weighted by molar-refractivity contribution is 5.94. The van der Waals surface area contributed by atoms with Crippen LogP contribution in [-0.4, -0.2) is 57.6 Å². The fourth-order valence-electron chi connectivity index (χ4n) is 4.80. The molecule has 2 aromatic heterocycles. The van der Waals surface area contributed by atoms with Crippen LogP contribution in [0.3, 0.4) is 0 Å². The van der Waals surface area contributed by atoms with Gasteiger partial charge in [-0.3, -0.25) is 9.59 Å². The number of hydrogen-bond acceptors (Lipinski definition) is 6. The Bertz CT molecular complexity index is 953. The molecule has 8 heteroatoms. The third kappa shape index (κ3) is 3.53. The van der Waals surface area contributed by atoms with Gasteiger partial charge in [0.1, 0.15) is 11.7 Å². The molecule has 3 aliphatic heterocycles. The molecule has 29 heavy (non-hydrogen) atoms. The Labute approximate surface area is 168 Å². The number of nitrogens with one attached hydrogen (secondary N) is 1. The molecule has 0 unspecified atom stereocenters. The molecule has 0 saturated carbocycles. The highest BCUT2D eigenvalue weighted by Crippen LogP contribution is 2.31. The van der Waals surface area contributed by atoms with E-state index in [-0.39, 0.29) is 23.1 Å². The summed E-state index contributed by atoms with van der Waals surface area (Å²) < 4.78 is 7.64. The van der Waals surface area contributed by atoms with Crippen LogP contribution in [0.25, 0.3) is 0 Å². The predicted molar refractivity (Wildman–Crippen MR) is 106 cm³/mol.